The molecule has 102 valence electrons. The van der Waals surface area contributed by atoms with Gasteiger partial charge in [-0.1, -0.05) is 26.7 Å². The average molecular weight is 380 g/mol. The van der Waals surface area contributed by atoms with E-state index in [1.54, 1.807) is 0 Å². The van der Waals surface area contributed by atoms with E-state index in [0.717, 1.165) is 59.3 Å². The first kappa shape index (κ1) is 15.8. The van der Waals surface area contributed by atoms with Crippen LogP contribution < -0.4 is 9.47 Å². The zero-order valence-corrected chi connectivity index (χ0v) is 14.1. The van der Waals surface area contributed by atoms with E-state index in [1.165, 1.54) is 0 Å². The van der Waals surface area contributed by atoms with Crippen molar-refractivity contribution in [2.24, 2.45) is 0 Å². The van der Waals surface area contributed by atoms with Crippen LogP contribution in [0, 0.1) is 0 Å². The number of benzene rings is 1. The molecule has 0 spiro atoms. The van der Waals surface area contributed by atoms with Crippen LogP contribution in [-0.2, 0) is 0 Å². The third-order valence-electron chi connectivity index (χ3n) is 2.50. The molecule has 0 aromatic heterocycles. The van der Waals surface area contributed by atoms with Crippen molar-refractivity contribution in [3.05, 3.63) is 21.1 Å². The highest BCUT2D eigenvalue weighted by Crippen LogP contribution is 2.36. The summed E-state index contributed by atoms with van der Waals surface area (Å²) in [5.74, 6) is 1.72. The molecule has 4 heteroatoms. The number of hydrogen-bond acceptors (Lipinski definition) is 2. The SMILES string of the molecule is CCCCOc1cc(Br)c(OCCCC)cc1Br. The molecule has 0 atom stereocenters. The fraction of sp³-hybridized carbons (Fsp3) is 0.571. The lowest BCUT2D eigenvalue weighted by Crippen LogP contribution is -2.00. The summed E-state index contributed by atoms with van der Waals surface area (Å²) >= 11 is 7.03. The van der Waals surface area contributed by atoms with E-state index >= 15 is 0 Å². The van der Waals surface area contributed by atoms with Gasteiger partial charge in [0, 0.05) is 0 Å². The van der Waals surface area contributed by atoms with Crippen molar-refractivity contribution in [2.75, 3.05) is 13.2 Å². The second kappa shape index (κ2) is 8.81. The first-order valence-electron chi connectivity index (χ1n) is 6.43. The van der Waals surface area contributed by atoms with E-state index in [-0.39, 0.29) is 0 Å². The second-order valence-electron chi connectivity index (χ2n) is 4.12. The average Bonchev–Trinajstić information content (AvgIpc) is 2.35. The molecular formula is C14H20Br2O2. The normalized spacial score (nSPS) is 10.4. The van der Waals surface area contributed by atoms with Gasteiger partial charge in [0.15, 0.2) is 0 Å². The number of hydrogen-bond donors (Lipinski definition) is 0. The monoisotopic (exact) mass is 378 g/mol. The van der Waals surface area contributed by atoms with E-state index in [9.17, 15) is 0 Å². The lowest BCUT2D eigenvalue weighted by Gasteiger charge is -2.12. The van der Waals surface area contributed by atoms with Gasteiger partial charge in [-0.05, 0) is 56.8 Å². The van der Waals surface area contributed by atoms with Crippen LogP contribution in [0.2, 0.25) is 0 Å². The molecule has 1 aromatic rings. The van der Waals surface area contributed by atoms with E-state index in [0.29, 0.717) is 0 Å². The smallest absolute Gasteiger partial charge is 0.134 e. The van der Waals surface area contributed by atoms with Crippen molar-refractivity contribution < 1.29 is 9.47 Å². The summed E-state index contributed by atoms with van der Waals surface area (Å²) in [5, 5.41) is 0. The van der Waals surface area contributed by atoms with Gasteiger partial charge in [0.25, 0.3) is 0 Å². The van der Waals surface area contributed by atoms with Gasteiger partial charge >= 0.3 is 0 Å². The fourth-order valence-electron chi connectivity index (χ4n) is 1.38. The van der Waals surface area contributed by atoms with Gasteiger partial charge in [-0.2, -0.15) is 0 Å². The molecule has 1 aromatic carbocycles. The Kier molecular flexibility index (Phi) is 7.75. The van der Waals surface area contributed by atoms with Crippen molar-refractivity contribution in [1.29, 1.82) is 0 Å². The molecule has 0 bridgehead atoms. The van der Waals surface area contributed by atoms with Gasteiger partial charge in [-0.25, -0.2) is 0 Å². The van der Waals surface area contributed by atoms with Crippen molar-refractivity contribution in [2.45, 2.75) is 39.5 Å². The van der Waals surface area contributed by atoms with Crippen molar-refractivity contribution in [3.63, 3.8) is 0 Å². The van der Waals surface area contributed by atoms with Gasteiger partial charge in [-0.3, -0.25) is 0 Å². The van der Waals surface area contributed by atoms with Gasteiger partial charge < -0.3 is 9.47 Å². The molecule has 0 saturated carbocycles. The predicted molar refractivity (Wildman–Crippen MR) is 82.6 cm³/mol. The van der Waals surface area contributed by atoms with Crippen molar-refractivity contribution >= 4 is 31.9 Å². The minimum Gasteiger partial charge on any atom is -0.492 e. The zero-order valence-electron chi connectivity index (χ0n) is 11.0. The maximum Gasteiger partial charge on any atom is 0.134 e. The molecule has 0 aliphatic heterocycles. The lowest BCUT2D eigenvalue weighted by atomic mass is 10.3. The molecule has 0 heterocycles. The van der Waals surface area contributed by atoms with Crippen LogP contribution in [0.25, 0.3) is 0 Å². The highest BCUT2D eigenvalue weighted by atomic mass is 79.9. The second-order valence-corrected chi connectivity index (χ2v) is 5.83. The summed E-state index contributed by atoms with van der Waals surface area (Å²) in [4.78, 5) is 0. The van der Waals surface area contributed by atoms with Crippen molar-refractivity contribution in [1.82, 2.24) is 0 Å². The molecule has 0 fully saturated rings. The van der Waals surface area contributed by atoms with Gasteiger partial charge in [-0.15, -0.1) is 0 Å². The standard InChI is InChI=1S/C14H20Br2O2/c1-3-5-7-17-13-9-12(16)14(10-11(13)15)18-8-6-4-2/h9-10H,3-8H2,1-2H3. The highest BCUT2D eigenvalue weighted by Gasteiger charge is 2.08. The first-order chi connectivity index (χ1) is 8.69. The van der Waals surface area contributed by atoms with E-state index in [2.05, 4.69) is 45.7 Å². The molecule has 0 aliphatic carbocycles. The van der Waals surface area contributed by atoms with E-state index < -0.39 is 0 Å². The van der Waals surface area contributed by atoms with Gasteiger partial charge in [0.05, 0.1) is 22.2 Å². The van der Waals surface area contributed by atoms with Crippen LogP contribution in [0.1, 0.15) is 39.5 Å². The number of ether oxygens (including phenoxy) is 2. The lowest BCUT2D eigenvalue weighted by molar-refractivity contribution is 0.298. The maximum atomic E-state index is 5.71. The maximum absolute atomic E-state index is 5.71. The van der Waals surface area contributed by atoms with Crippen LogP contribution in [0.15, 0.2) is 21.1 Å². The van der Waals surface area contributed by atoms with Crippen LogP contribution in [0.3, 0.4) is 0 Å². The Labute approximate surface area is 126 Å². The van der Waals surface area contributed by atoms with Gasteiger partial charge in [0.2, 0.25) is 0 Å². The molecule has 0 radical (unpaired) electrons. The Morgan fingerprint density at radius 2 is 1.22 bits per heavy atom. The molecular weight excluding hydrogens is 360 g/mol. The molecule has 0 saturated heterocycles. The Morgan fingerprint density at radius 1 is 0.833 bits per heavy atom. The largest absolute Gasteiger partial charge is 0.492 e. The summed E-state index contributed by atoms with van der Waals surface area (Å²) in [6, 6.07) is 3.92. The van der Waals surface area contributed by atoms with E-state index in [4.69, 9.17) is 9.47 Å². The Hall–Kier alpha value is -0.220. The first-order valence-corrected chi connectivity index (χ1v) is 8.02. The topological polar surface area (TPSA) is 18.5 Å². The molecule has 2 nitrogen and oxygen atoms in total. The summed E-state index contributed by atoms with van der Waals surface area (Å²) in [6.07, 6.45) is 4.41. The number of unbranched alkanes of at least 4 members (excludes halogenated alkanes) is 2. The van der Waals surface area contributed by atoms with Crippen LogP contribution in [-0.4, -0.2) is 13.2 Å². The molecule has 18 heavy (non-hydrogen) atoms. The summed E-state index contributed by atoms with van der Waals surface area (Å²) in [6.45, 7) is 5.80. The Balaban J connectivity index is 2.64. The Bertz CT molecular complexity index is 331. The number of halogens is 2. The fourth-order valence-corrected chi connectivity index (χ4v) is 2.26. The molecule has 0 unspecified atom stereocenters. The molecule has 0 aliphatic rings. The summed E-state index contributed by atoms with van der Waals surface area (Å²) < 4.78 is 13.3. The third kappa shape index (κ3) is 5.19. The Morgan fingerprint density at radius 3 is 1.56 bits per heavy atom. The van der Waals surface area contributed by atoms with Crippen LogP contribution in [0.5, 0.6) is 11.5 Å². The minimum atomic E-state index is 0.748. The van der Waals surface area contributed by atoms with E-state index in [1.807, 2.05) is 12.1 Å². The van der Waals surface area contributed by atoms with Crippen LogP contribution in [0.4, 0.5) is 0 Å². The predicted octanol–water partition coefficient (Wildman–Crippen LogP) is 5.57. The highest BCUT2D eigenvalue weighted by molar-refractivity contribution is 9.11. The molecule has 1 rings (SSSR count). The summed E-state index contributed by atoms with van der Waals surface area (Å²) in [7, 11) is 0. The minimum absolute atomic E-state index is 0.748. The number of rotatable bonds is 8. The van der Waals surface area contributed by atoms with Crippen LogP contribution >= 0.6 is 31.9 Å². The molecule has 0 N–H and O–H groups in total. The summed E-state index contributed by atoms with van der Waals surface area (Å²) in [5.41, 5.74) is 0. The third-order valence-corrected chi connectivity index (χ3v) is 3.74. The van der Waals surface area contributed by atoms with Gasteiger partial charge in [0.1, 0.15) is 11.5 Å². The zero-order chi connectivity index (χ0) is 13.4. The quantitative estimate of drug-likeness (QED) is 0.549. The van der Waals surface area contributed by atoms with Crippen molar-refractivity contribution in [3.8, 4) is 11.5 Å². The molecule has 0 amide bonds.